The number of hydrogen-bond acceptors (Lipinski definition) is 3. The van der Waals surface area contributed by atoms with Crippen molar-refractivity contribution in [2.75, 3.05) is 6.61 Å². The fourth-order valence-corrected chi connectivity index (χ4v) is 7.77. The van der Waals surface area contributed by atoms with Crippen molar-refractivity contribution >= 4 is 27.7 Å². The molecule has 4 fully saturated rings. The number of halogens is 1. The van der Waals surface area contributed by atoms with Crippen LogP contribution in [0.1, 0.15) is 67.2 Å². The van der Waals surface area contributed by atoms with E-state index >= 15 is 0 Å². The molecule has 4 bridgehead atoms. The van der Waals surface area contributed by atoms with Gasteiger partial charge in [0.15, 0.2) is 6.61 Å². The first-order valence-corrected chi connectivity index (χ1v) is 10.6. The molecule has 0 aliphatic heterocycles. The molecule has 4 saturated carbocycles. The summed E-state index contributed by atoms with van der Waals surface area (Å²) in [6.45, 7) is 6.73. The molecule has 0 aromatic carbocycles. The third-order valence-electron chi connectivity index (χ3n) is 6.95. The zero-order valence-corrected chi connectivity index (χ0v) is 17.5. The lowest BCUT2D eigenvalue weighted by Gasteiger charge is -2.58. The van der Waals surface area contributed by atoms with Crippen molar-refractivity contribution in [2.45, 2.75) is 70.2 Å². The van der Waals surface area contributed by atoms with Crippen molar-refractivity contribution in [3.63, 3.8) is 0 Å². The number of ketones is 1. The summed E-state index contributed by atoms with van der Waals surface area (Å²) in [6, 6.07) is 1.91. The van der Waals surface area contributed by atoms with E-state index in [2.05, 4.69) is 27.4 Å². The highest BCUT2D eigenvalue weighted by Crippen LogP contribution is 2.64. The van der Waals surface area contributed by atoms with Gasteiger partial charge < -0.3 is 9.30 Å². The van der Waals surface area contributed by atoms with E-state index in [4.69, 9.17) is 4.74 Å². The topological polar surface area (TPSA) is 48.3 Å². The molecule has 4 atom stereocenters. The van der Waals surface area contributed by atoms with E-state index in [1.165, 1.54) is 19.3 Å². The summed E-state index contributed by atoms with van der Waals surface area (Å²) >= 11 is 3.93. The van der Waals surface area contributed by atoms with E-state index in [0.29, 0.717) is 17.4 Å². The second kappa shape index (κ2) is 6.22. The molecule has 1 aromatic rings. The number of carbonyl (C=O) groups is 2. The Morgan fingerprint density at radius 1 is 1.23 bits per heavy atom. The second-order valence-corrected chi connectivity index (χ2v) is 10.6. The number of esters is 1. The van der Waals surface area contributed by atoms with Gasteiger partial charge in [-0.15, -0.1) is 0 Å². The molecule has 1 aromatic heterocycles. The summed E-state index contributed by atoms with van der Waals surface area (Å²) < 4.78 is 7.84. The number of aromatic nitrogens is 1. The third kappa shape index (κ3) is 2.87. The maximum Gasteiger partial charge on any atom is 0.312 e. The van der Waals surface area contributed by atoms with Gasteiger partial charge in [0.1, 0.15) is 0 Å². The molecular formula is C21H28BrNO3. The van der Waals surface area contributed by atoms with Gasteiger partial charge in [-0.1, -0.05) is 15.9 Å². The van der Waals surface area contributed by atoms with Crippen LogP contribution in [0.5, 0.6) is 0 Å². The summed E-state index contributed by atoms with van der Waals surface area (Å²) in [6.07, 6.45) is 6.36. The molecule has 4 aliphatic carbocycles. The van der Waals surface area contributed by atoms with Gasteiger partial charge in [0.05, 0.1) is 5.41 Å². The first-order chi connectivity index (χ1) is 12.3. The molecule has 4 aliphatic rings. The lowest BCUT2D eigenvalue weighted by atomic mass is 9.49. The molecule has 5 heteroatoms. The van der Waals surface area contributed by atoms with Crippen molar-refractivity contribution in [2.24, 2.45) is 17.3 Å². The summed E-state index contributed by atoms with van der Waals surface area (Å²) in [5.41, 5.74) is 2.34. The molecular weight excluding hydrogens is 394 g/mol. The predicted molar refractivity (Wildman–Crippen MR) is 104 cm³/mol. The van der Waals surface area contributed by atoms with E-state index in [1.54, 1.807) is 0 Å². The number of carbonyl (C=O) groups excluding carboxylic acids is 2. The van der Waals surface area contributed by atoms with Gasteiger partial charge in [-0.05, 0) is 77.2 Å². The number of ether oxygens (including phenoxy) is 1. The summed E-state index contributed by atoms with van der Waals surface area (Å²) in [4.78, 5) is 25.6. The lowest BCUT2D eigenvalue weighted by molar-refractivity contribution is -0.168. The van der Waals surface area contributed by atoms with Crippen molar-refractivity contribution in [1.82, 2.24) is 4.57 Å². The molecule has 1 heterocycles. The minimum absolute atomic E-state index is 0.0931. The highest BCUT2D eigenvalue weighted by molar-refractivity contribution is 9.10. The summed E-state index contributed by atoms with van der Waals surface area (Å²) in [7, 11) is 0. The van der Waals surface area contributed by atoms with Gasteiger partial charge in [-0.25, -0.2) is 0 Å². The summed E-state index contributed by atoms with van der Waals surface area (Å²) in [5.74, 6) is 1.02. The smallest absolute Gasteiger partial charge is 0.312 e. The van der Waals surface area contributed by atoms with Gasteiger partial charge in [0, 0.05) is 27.8 Å². The lowest BCUT2D eigenvalue weighted by Crippen LogP contribution is -2.56. The van der Waals surface area contributed by atoms with Crippen molar-refractivity contribution < 1.29 is 14.3 Å². The van der Waals surface area contributed by atoms with Crippen LogP contribution in [0.25, 0.3) is 0 Å². The number of nitrogens with zero attached hydrogens (tertiary/aromatic N) is 1. The number of Topliss-reactive ketones (excluding diaryl/α,β-unsaturated/α-hetero) is 1. The van der Waals surface area contributed by atoms with E-state index in [-0.39, 0.29) is 28.1 Å². The molecule has 0 saturated heterocycles. The van der Waals surface area contributed by atoms with Crippen molar-refractivity contribution in [3.8, 4) is 0 Å². The van der Waals surface area contributed by atoms with Crippen LogP contribution < -0.4 is 0 Å². The van der Waals surface area contributed by atoms with Gasteiger partial charge in [0.25, 0.3) is 0 Å². The zero-order chi connectivity index (χ0) is 18.7. The summed E-state index contributed by atoms with van der Waals surface area (Å²) in [5, 5.41) is 0. The molecule has 5 rings (SSSR count). The fourth-order valence-electron chi connectivity index (χ4n) is 6.32. The number of alkyl halides is 1. The average Bonchev–Trinajstić information content (AvgIpc) is 2.84. The average molecular weight is 422 g/mol. The van der Waals surface area contributed by atoms with E-state index < -0.39 is 0 Å². The van der Waals surface area contributed by atoms with Crippen molar-refractivity contribution in [1.29, 1.82) is 0 Å². The molecule has 0 radical (unpaired) electrons. The van der Waals surface area contributed by atoms with Crippen LogP contribution in [0.15, 0.2) is 6.07 Å². The zero-order valence-electron chi connectivity index (χ0n) is 15.9. The van der Waals surface area contributed by atoms with Crippen LogP contribution in [0, 0.1) is 31.1 Å². The Kier molecular flexibility index (Phi) is 4.37. The Labute approximate surface area is 163 Å². The largest absolute Gasteiger partial charge is 0.457 e. The number of aryl methyl sites for hydroxylation is 1. The quantitative estimate of drug-likeness (QED) is 0.396. The molecule has 0 spiro atoms. The number of rotatable bonds is 5. The Morgan fingerprint density at radius 3 is 2.42 bits per heavy atom. The number of hydrogen-bond donors (Lipinski definition) is 0. The van der Waals surface area contributed by atoms with E-state index in [0.717, 1.165) is 37.2 Å². The fraction of sp³-hybridized carbons (Fsp3) is 0.714. The van der Waals surface area contributed by atoms with Crippen LogP contribution in [0.2, 0.25) is 0 Å². The predicted octanol–water partition coefficient (Wildman–Crippen LogP) is 4.58. The normalized spacial score (nSPS) is 34.9. The SMILES string of the molecule is CCn1c(C)cc(C(=O)COC(=O)C23C[C@@H]4C[C@@H](CC(Br)(C4)C2)C3)c1C. The minimum Gasteiger partial charge on any atom is -0.457 e. The Hall–Kier alpha value is -1.10. The Bertz CT molecular complexity index is 752. The molecule has 2 unspecified atom stereocenters. The first kappa shape index (κ1) is 18.3. The van der Waals surface area contributed by atoms with Crippen LogP contribution in [-0.2, 0) is 16.1 Å². The maximum atomic E-state index is 13.0. The molecule has 142 valence electrons. The van der Waals surface area contributed by atoms with Gasteiger partial charge in [-0.3, -0.25) is 9.59 Å². The van der Waals surface area contributed by atoms with Crippen LogP contribution in [0.4, 0.5) is 0 Å². The molecule has 0 amide bonds. The first-order valence-electron chi connectivity index (χ1n) is 9.81. The van der Waals surface area contributed by atoms with Gasteiger partial charge in [0.2, 0.25) is 5.78 Å². The second-order valence-electron chi connectivity index (χ2n) is 8.92. The highest BCUT2D eigenvalue weighted by atomic mass is 79.9. The molecule has 0 N–H and O–H groups in total. The monoisotopic (exact) mass is 421 g/mol. The van der Waals surface area contributed by atoms with Crippen molar-refractivity contribution in [3.05, 3.63) is 23.0 Å². The highest BCUT2D eigenvalue weighted by Gasteiger charge is 2.60. The molecule has 4 nitrogen and oxygen atoms in total. The van der Waals surface area contributed by atoms with Gasteiger partial charge in [-0.2, -0.15) is 0 Å². The third-order valence-corrected chi connectivity index (χ3v) is 7.88. The molecule has 26 heavy (non-hydrogen) atoms. The Balaban J connectivity index is 1.45. The van der Waals surface area contributed by atoms with Crippen LogP contribution in [0.3, 0.4) is 0 Å². The van der Waals surface area contributed by atoms with Gasteiger partial charge >= 0.3 is 5.97 Å². The minimum atomic E-state index is -0.367. The van der Waals surface area contributed by atoms with E-state index in [1.807, 2.05) is 19.9 Å². The van der Waals surface area contributed by atoms with Crippen LogP contribution in [-0.4, -0.2) is 27.3 Å². The standard InChI is InChI=1S/C21H28BrNO3/c1-4-23-13(2)5-17(14(23)3)18(24)11-26-19(25)20-7-15-6-16(8-20)10-21(22,9-15)12-20/h5,15-16H,4,6-12H2,1-3H3/t15-,16+,20?,21?. The maximum absolute atomic E-state index is 13.0. The Morgan fingerprint density at radius 2 is 1.88 bits per heavy atom. The van der Waals surface area contributed by atoms with E-state index in [9.17, 15) is 9.59 Å². The van der Waals surface area contributed by atoms with Crippen LogP contribution >= 0.6 is 15.9 Å².